The maximum atomic E-state index is 11.1. The molecule has 0 saturated heterocycles. The molecule has 2 aromatic rings. The van der Waals surface area contributed by atoms with Gasteiger partial charge in [0.2, 0.25) is 0 Å². The van der Waals surface area contributed by atoms with E-state index in [1.807, 2.05) is 6.07 Å². The lowest BCUT2D eigenvalue weighted by atomic mass is 10.1. The summed E-state index contributed by atoms with van der Waals surface area (Å²) < 4.78 is 4.58. The number of benzene rings is 1. The van der Waals surface area contributed by atoms with Crippen LogP contribution in [0.25, 0.3) is 11.0 Å². The molecular formula is C10H11N3O2. The predicted octanol–water partition coefficient (Wildman–Crippen LogP) is 0.861. The molecule has 1 aromatic heterocycles. The Morgan fingerprint density at radius 3 is 3.13 bits per heavy atom. The largest absolute Gasteiger partial charge is 0.469 e. The minimum atomic E-state index is -0.284. The number of imidazole rings is 1. The summed E-state index contributed by atoms with van der Waals surface area (Å²) >= 11 is 0. The molecule has 0 saturated carbocycles. The molecule has 0 aliphatic carbocycles. The quantitative estimate of drug-likeness (QED) is 0.562. The van der Waals surface area contributed by atoms with Gasteiger partial charge in [-0.15, -0.1) is 0 Å². The highest BCUT2D eigenvalue weighted by Gasteiger charge is 2.07. The van der Waals surface area contributed by atoms with Crippen LogP contribution >= 0.6 is 0 Å². The number of rotatable bonds is 2. The fourth-order valence-electron chi connectivity index (χ4n) is 1.48. The van der Waals surface area contributed by atoms with Gasteiger partial charge < -0.3 is 15.5 Å². The zero-order valence-electron chi connectivity index (χ0n) is 8.28. The van der Waals surface area contributed by atoms with Crippen molar-refractivity contribution in [2.24, 2.45) is 0 Å². The fourth-order valence-corrected chi connectivity index (χ4v) is 1.48. The van der Waals surface area contributed by atoms with E-state index in [1.165, 1.54) is 7.11 Å². The SMILES string of the molecule is COC(=O)Cc1cc(N)c2nc[nH]c2c1. The normalized spacial score (nSPS) is 10.5. The lowest BCUT2D eigenvalue weighted by molar-refractivity contribution is -0.139. The number of anilines is 1. The summed E-state index contributed by atoms with van der Waals surface area (Å²) in [4.78, 5) is 18.1. The zero-order valence-corrected chi connectivity index (χ0v) is 8.28. The third kappa shape index (κ3) is 1.76. The number of hydrogen-bond donors (Lipinski definition) is 2. The molecule has 15 heavy (non-hydrogen) atoms. The number of esters is 1. The summed E-state index contributed by atoms with van der Waals surface area (Å²) in [5, 5.41) is 0. The summed E-state index contributed by atoms with van der Waals surface area (Å²) in [6.45, 7) is 0. The summed E-state index contributed by atoms with van der Waals surface area (Å²) in [5.41, 5.74) is 8.72. The second-order valence-electron chi connectivity index (χ2n) is 3.24. The third-order valence-corrected chi connectivity index (χ3v) is 2.19. The number of aromatic nitrogens is 2. The minimum Gasteiger partial charge on any atom is -0.469 e. The van der Waals surface area contributed by atoms with E-state index < -0.39 is 0 Å². The smallest absolute Gasteiger partial charge is 0.309 e. The molecule has 0 atom stereocenters. The molecule has 0 unspecified atom stereocenters. The van der Waals surface area contributed by atoms with E-state index in [9.17, 15) is 4.79 Å². The van der Waals surface area contributed by atoms with Gasteiger partial charge in [0.15, 0.2) is 0 Å². The number of nitrogens with two attached hydrogens (primary N) is 1. The molecular weight excluding hydrogens is 194 g/mol. The van der Waals surface area contributed by atoms with Crippen molar-refractivity contribution in [2.45, 2.75) is 6.42 Å². The minimum absolute atomic E-state index is 0.218. The average molecular weight is 205 g/mol. The maximum Gasteiger partial charge on any atom is 0.309 e. The number of nitrogens with one attached hydrogen (secondary N) is 1. The van der Waals surface area contributed by atoms with Crippen LogP contribution in [0.2, 0.25) is 0 Å². The van der Waals surface area contributed by atoms with Gasteiger partial charge in [-0.1, -0.05) is 0 Å². The number of fused-ring (bicyclic) bond motifs is 1. The topological polar surface area (TPSA) is 81.0 Å². The maximum absolute atomic E-state index is 11.1. The Labute approximate surface area is 86.3 Å². The highest BCUT2D eigenvalue weighted by Crippen LogP contribution is 2.20. The number of aromatic amines is 1. The summed E-state index contributed by atoms with van der Waals surface area (Å²) in [6, 6.07) is 3.58. The van der Waals surface area contributed by atoms with Gasteiger partial charge in [-0.25, -0.2) is 4.98 Å². The number of carbonyl (C=O) groups is 1. The molecule has 5 nitrogen and oxygen atoms in total. The van der Waals surface area contributed by atoms with Gasteiger partial charge in [0.1, 0.15) is 5.52 Å². The Kier molecular flexibility index (Phi) is 2.29. The Morgan fingerprint density at radius 1 is 1.60 bits per heavy atom. The number of methoxy groups -OCH3 is 1. The molecule has 1 heterocycles. The van der Waals surface area contributed by atoms with Crippen molar-refractivity contribution in [3.8, 4) is 0 Å². The van der Waals surface area contributed by atoms with E-state index in [-0.39, 0.29) is 12.4 Å². The first kappa shape index (κ1) is 9.51. The average Bonchev–Trinajstić information content (AvgIpc) is 2.66. The lowest BCUT2D eigenvalue weighted by Crippen LogP contribution is -2.04. The molecule has 0 spiro atoms. The molecule has 2 rings (SSSR count). The monoisotopic (exact) mass is 205 g/mol. The van der Waals surface area contributed by atoms with Gasteiger partial charge in [-0.05, 0) is 17.7 Å². The molecule has 3 N–H and O–H groups in total. The van der Waals surface area contributed by atoms with Crippen molar-refractivity contribution in [1.82, 2.24) is 9.97 Å². The molecule has 0 fully saturated rings. The molecule has 0 amide bonds. The van der Waals surface area contributed by atoms with E-state index in [1.54, 1.807) is 12.4 Å². The summed E-state index contributed by atoms with van der Waals surface area (Å²) in [7, 11) is 1.36. The molecule has 5 heteroatoms. The number of H-pyrrole nitrogens is 1. The van der Waals surface area contributed by atoms with E-state index >= 15 is 0 Å². The van der Waals surface area contributed by atoms with Crippen molar-refractivity contribution < 1.29 is 9.53 Å². The number of nitrogens with zero attached hydrogens (tertiary/aromatic N) is 1. The van der Waals surface area contributed by atoms with Crippen LogP contribution in [-0.2, 0) is 16.0 Å². The van der Waals surface area contributed by atoms with Gasteiger partial charge in [-0.2, -0.15) is 0 Å². The van der Waals surface area contributed by atoms with Crippen LogP contribution in [-0.4, -0.2) is 23.0 Å². The molecule has 0 aliphatic heterocycles. The first-order valence-electron chi connectivity index (χ1n) is 4.49. The van der Waals surface area contributed by atoms with Crippen LogP contribution in [0.5, 0.6) is 0 Å². The van der Waals surface area contributed by atoms with Gasteiger partial charge in [0, 0.05) is 0 Å². The fraction of sp³-hybridized carbons (Fsp3) is 0.200. The number of hydrogen-bond acceptors (Lipinski definition) is 4. The lowest BCUT2D eigenvalue weighted by Gasteiger charge is -2.02. The highest BCUT2D eigenvalue weighted by atomic mass is 16.5. The molecule has 0 aliphatic rings. The van der Waals surface area contributed by atoms with Crippen LogP contribution < -0.4 is 5.73 Å². The first-order valence-corrected chi connectivity index (χ1v) is 4.49. The van der Waals surface area contributed by atoms with Crippen molar-refractivity contribution in [2.75, 3.05) is 12.8 Å². The van der Waals surface area contributed by atoms with Crippen molar-refractivity contribution in [3.05, 3.63) is 24.0 Å². The molecule has 78 valence electrons. The van der Waals surface area contributed by atoms with E-state index in [0.717, 1.165) is 16.6 Å². The van der Waals surface area contributed by atoms with Gasteiger partial charge in [-0.3, -0.25) is 4.79 Å². The van der Waals surface area contributed by atoms with Crippen LogP contribution in [0.3, 0.4) is 0 Å². The predicted molar refractivity (Wildman–Crippen MR) is 56.2 cm³/mol. The first-order chi connectivity index (χ1) is 7.20. The highest BCUT2D eigenvalue weighted by molar-refractivity contribution is 5.88. The summed E-state index contributed by atoms with van der Waals surface area (Å²) in [5.74, 6) is -0.284. The molecule has 0 bridgehead atoms. The summed E-state index contributed by atoms with van der Waals surface area (Å²) in [6.07, 6.45) is 1.79. The Balaban J connectivity index is 2.40. The second kappa shape index (κ2) is 3.61. The van der Waals surface area contributed by atoms with Crippen molar-refractivity contribution in [1.29, 1.82) is 0 Å². The second-order valence-corrected chi connectivity index (χ2v) is 3.24. The number of nitrogen functional groups attached to an aromatic ring is 1. The third-order valence-electron chi connectivity index (χ3n) is 2.19. The van der Waals surface area contributed by atoms with Crippen LogP contribution in [0.1, 0.15) is 5.56 Å². The van der Waals surface area contributed by atoms with Gasteiger partial charge in [0.05, 0.1) is 31.1 Å². The van der Waals surface area contributed by atoms with E-state index in [4.69, 9.17) is 5.73 Å². The van der Waals surface area contributed by atoms with Crippen molar-refractivity contribution >= 4 is 22.7 Å². The van der Waals surface area contributed by atoms with Crippen LogP contribution in [0, 0.1) is 0 Å². The Morgan fingerprint density at radius 2 is 2.40 bits per heavy atom. The Hall–Kier alpha value is -2.04. The number of ether oxygens (including phenoxy) is 1. The van der Waals surface area contributed by atoms with Crippen LogP contribution in [0.15, 0.2) is 18.5 Å². The number of carbonyl (C=O) groups excluding carboxylic acids is 1. The zero-order chi connectivity index (χ0) is 10.8. The van der Waals surface area contributed by atoms with Crippen molar-refractivity contribution in [3.63, 3.8) is 0 Å². The molecule has 1 aromatic carbocycles. The Bertz CT molecular complexity index is 504. The van der Waals surface area contributed by atoms with Gasteiger partial charge >= 0.3 is 5.97 Å². The van der Waals surface area contributed by atoms with Crippen LogP contribution in [0.4, 0.5) is 5.69 Å². The molecule has 0 radical (unpaired) electrons. The standard InChI is InChI=1S/C10H11N3O2/c1-15-9(14)4-6-2-7(11)10-8(3-6)12-5-13-10/h2-3,5H,4,11H2,1H3,(H,12,13). The van der Waals surface area contributed by atoms with E-state index in [0.29, 0.717) is 5.69 Å². The van der Waals surface area contributed by atoms with Gasteiger partial charge in [0.25, 0.3) is 0 Å². The van der Waals surface area contributed by atoms with E-state index in [2.05, 4.69) is 14.7 Å².